The molecule has 2 aromatic rings. The molecule has 1 N–H and O–H groups in total. The van der Waals surface area contributed by atoms with Gasteiger partial charge in [-0.15, -0.1) is 0 Å². The van der Waals surface area contributed by atoms with E-state index in [9.17, 15) is 5.11 Å². The molecule has 17 heavy (non-hydrogen) atoms. The van der Waals surface area contributed by atoms with Gasteiger partial charge >= 0.3 is 0 Å². The summed E-state index contributed by atoms with van der Waals surface area (Å²) in [6.45, 7) is 0. The second kappa shape index (κ2) is 4.97. The minimum atomic E-state index is -0.644. The highest BCUT2D eigenvalue weighted by molar-refractivity contribution is 5.19. The van der Waals surface area contributed by atoms with Crippen molar-refractivity contribution in [1.82, 2.24) is 14.8 Å². The van der Waals surface area contributed by atoms with Gasteiger partial charge in [0.15, 0.2) is 0 Å². The maximum absolute atomic E-state index is 10.0. The summed E-state index contributed by atoms with van der Waals surface area (Å²) in [6.07, 6.45) is 3.47. The van der Waals surface area contributed by atoms with Crippen molar-refractivity contribution >= 4 is 0 Å². The summed E-state index contributed by atoms with van der Waals surface area (Å²) in [6, 6.07) is 5.34. The molecular formula is C12H15N3O2. The quantitative estimate of drug-likeness (QED) is 0.859. The van der Waals surface area contributed by atoms with Gasteiger partial charge in [-0.3, -0.25) is 4.68 Å². The summed E-state index contributed by atoms with van der Waals surface area (Å²) >= 11 is 0. The SMILES string of the molecule is COc1cccc(C(O)Cc2cnn(C)c2)n1. The maximum atomic E-state index is 10.0. The molecule has 0 aliphatic heterocycles. The molecule has 0 amide bonds. The first-order valence-corrected chi connectivity index (χ1v) is 5.35. The molecule has 1 unspecified atom stereocenters. The first-order chi connectivity index (χ1) is 8.19. The summed E-state index contributed by atoms with van der Waals surface area (Å²) in [5.74, 6) is 0.507. The van der Waals surface area contributed by atoms with Crippen molar-refractivity contribution in [3.8, 4) is 5.88 Å². The number of aliphatic hydroxyl groups is 1. The van der Waals surface area contributed by atoms with Crippen LogP contribution < -0.4 is 4.74 Å². The van der Waals surface area contributed by atoms with Crippen molar-refractivity contribution in [2.75, 3.05) is 7.11 Å². The molecule has 5 heteroatoms. The smallest absolute Gasteiger partial charge is 0.213 e. The van der Waals surface area contributed by atoms with E-state index >= 15 is 0 Å². The van der Waals surface area contributed by atoms with E-state index in [1.54, 1.807) is 30.1 Å². The van der Waals surface area contributed by atoms with Crippen LogP contribution in [0, 0.1) is 0 Å². The molecule has 90 valence electrons. The van der Waals surface area contributed by atoms with Gasteiger partial charge in [-0.2, -0.15) is 5.10 Å². The molecule has 0 fully saturated rings. The fourth-order valence-electron chi connectivity index (χ4n) is 1.64. The number of pyridine rings is 1. The van der Waals surface area contributed by atoms with Crippen molar-refractivity contribution in [1.29, 1.82) is 0 Å². The Morgan fingerprint density at radius 3 is 2.94 bits per heavy atom. The number of aryl methyl sites for hydroxylation is 1. The Bertz CT molecular complexity index is 496. The number of rotatable bonds is 4. The number of methoxy groups -OCH3 is 1. The van der Waals surface area contributed by atoms with Crippen LogP contribution in [0.4, 0.5) is 0 Å². The van der Waals surface area contributed by atoms with Gasteiger partial charge in [0, 0.05) is 25.7 Å². The number of hydrogen-bond acceptors (Lipinski definition) is 4. The van der Waals surface area contributed by atoms with E-state index in [0.29, 0.717) is 18.0 Å². The first kappa shape index (κ1) is 11.6. The Morgan fingerprint density at radius 1 is 1.47 bits per heavy atom. The van der Waals surface area contributed by atoms with Crippen molar-refractivity contribution in [2.24, 2.45) is 7.05 Å². The highest BCUT2D eigenvalue weighted by Crippen LogP contribution is 2.18. The topological polar surface area (TPSA) is 60.2 Å². The Kier molecular flexibility index (Phi) is 3.39. The average Bonchev–Trinajstić information content (AvgIpc) is 2.75. The molecule has 1 atom stereocenters. The van der Waals surface area contributed by atoms with E-state index in [1.807, 2.05) is 19.3 Å². The Morgan fingerprint density at radius 2 is 2.29 bits per heavy atom. The van der Waals surface area contributed by atoms with Gasteiger partial charge in [-0.05, 0) is 11.6 Å². The normalized spacial score (nSPS) is 12.4. The summed E-state index contributed by atoms with van der Waals surface area (Å²) in [4.78, 5) is 4.19. The molecule has 0 saturated carbocycles. The minimum absolute atomic E-state index is 0.494. The molecule has 0 aliphatic rings. The zero-order valence-corrected chi connectivity index (χ0v) is 9.87. The minimum Gasteiger partial charge on any atom is -0.481 e. The predicted octanol–water partition coefficient (Wildman–Crippen LogP) is 1.10. The Labute approximate surface area is 99.7 Å². The standard InChI is InChI=1S/C12H15N3O2/c1-15-8-9(7-13-15)6-11(16)10-4-3-5-12(14-10)17-2/h3-5,7-8,11,16H,6H2,1-2H3. The highest BCUT2D eigenvalue weighted by atomic mass is 16.5. The van der Waals surface area contributed by atoms with Gasteiger partial charge in [0.25, 0.3) is 0 Å². The zero-order valence-electron chi connectivity index (χ0n) is 9.87. The molecule has 0 spiro atoms. The molecule has 0 aromatic carbocycles. The first-order valence-electron chi connectivity index (χ1n) is 5.35. The van der Waals surface area contributed by atoms with Crippen molar-refractivity contribution in [2.45, 2.75) is 12.5 Å². The third-order valence-electron chi connectivity index (χ3n) is 2.48. The van der Waals surface area contributed by atoms with Gasteiger partial charge in [0.1, 0.15) is 6.10 Å². The lowest BCUT2D eigenvalue weighted by Gasteiger charge is -2.09. The molecule has 2 rings (SSSR count). The third kappa shape index (κ3) is 2.82. The number of aliphatic hydroxyl groups excluding tert-OH is 1. The van der Waals surface area contributed by atoms with Crippen molar-refractivity contribution in [3.63, 3.8) is 0 Å². The van der Waals surface area contributed by atoms with E-state index in [2.05, 4.69) is 10.1 Å². The molecule has 2 heterocycles. The Balaban J connectivity index is 2.11. The van der Waals surface area contributed by atoms with Crippen LogP contribution in [-0.2, 0) is 13.5 Å². The second-order valence-electron chi connectivity index (χ2n) is 3.85. The summed E-state index contributed by atoms with van der Waals surface area (Å²) in [7, 11) is 3.40. The van der Waals surface area contributed by atoms with E-state index in [4.69, 9.17) is 4.74 Å². The van der Waals surface area contributed by atoms with Crippen LogP contribution in [0.15, 0.2) is 30.6 Å². The lowest BCUT2D eigenvalue weighted by atomic mass is 10.1. The fourth-order valence-corrected chi connectivity index (χ4v) is 1.64. The van der Waals surface area contributed by atoms with Crippen LogP contribution >= 0.6 is 0 Å². The lowest BCUT2D eigenvalue weighted by molar-refractivity contribution is 0.172. The molecular weight excluding hydrogens is 218 g/mol. The average molecular weight is 233 g/mol. The van der Waals surface area contributed by atoms with Gasteiger partial charge in [-0.1, -0.05) is 6.07 Å². The van der Waals surface area contributed by atoms with Gasteiger partial charge in [-0.25, -0.2) is 4.98 Å². The summed E-state index contributed by atoms with van der Waals surface area (Å²) in [5.41, 5.74) is 1.58. The Hall–Kier alpha value is -1.88. The maximum Gasteiger partial charge on any atom is 0.213 e. The second-order valence-corrected chi connectivity index (χ2v) is 3.85. The molecule has 0 bridgehead atoms. The van der Waals surface area contributed by atoms with E-state index in [-0.39, 0.29) is 0 Å². The largest absolute Gasteiger partial charge is 0.481 e. The number of ether oxygens (including phenoxy) is 1. The molecule has 0 radical (unpaired) electrons. The summed E-state index contributed by atoms with van der Waals surface area (Å²) in [5, 5.41) is 14.1. The third-order valence-corrected chi connectivity index (χ3v) is 2.48. The van der Waals surface area contributed by atoms with E-state index < -0.39 is 6.10 Å². The monoisotopic (exact) mass is 233 g/mol. The van der Waals surface area contributed by atoms with E-state index in [0.717, 1.165) is 5.56 Å². The van der Waals surface area contributed by atoms with Crippen molar-refractivity contribution < 1.29 is 9.84 Å². The molecule has 0 aliphatic carbocycles. The van der Waals surface area contributed by atoms with Crippen LogP contribution in [0.25, 0.3) is 0 Å². The number of hydrogen-bond donors (Lipinski definition) is 1. The lowest BCUT2D eigenvalue weighted by Crippen LogP contribution is -2.04. The molecule has 5 nitrogen and oxygen atoms in total. The van der Waals surface area contributed by atoms with E-state index in [1.165, 1.54) is 0 Å². The predicted molar refractivity (Wildman–Crippen MR) is 62.7 cm³/mol. The molecule has 0 saturated heterocycles. The molecule has 2 aromatic heterocycles. The number of nitrogens with zero attached hydrogens (tertiary/aromatic N) is 3. The van der Waals surface area contributed by atoms with Gasteiger partial charge < -0.3 is 9.84 Å². The van der Waals surface area contributed by atoms with Gasteiger partial charge in [0.2, 0.25) is 5.88 Å². The van der Waals surface area contributed by atoms with Crippen molar-refractivity contribution in [3.05, 3.63) is 41.9 Å². The number of aromatic nitrogens is 3. The van der Waals surface area contributed by atoms with Crippen LogP contribution in [0.5, 0.6) is 5.88 Å². The van der Waals surface area contributed by atoms with Gasteiger partial charge in [0.05, 0.1) is 19.0 Å². The zero-order chi connectivity index (χ0) is 12.3. The van der Waals surface area contributed by atoms with Crippen LogP contribution in [0.2, 0.25) is 0 Å². The highest BCUT2D eigenvalue weighted by Gasteiger charge is 2.11. The van der Waals surface area contributed by atoms with Crippen LogP contribution in [0.3, 0.4) is 0 Å². The van der Waals surface area contributed by atoms with Crippen LogP contribution in [-0.4, -0.2) is 27.0 Å². The van der Waals surface area contributed by atoms with Crippen LogP contribution in [0.1, 0.15) is 17.4 Å². The summed E-state index contributed by atoms with van der Waals surface area (Å²) < 4.78 is 6.73. The fraction of sp³-hybridized carbons (Fsp3) is 0.333.